The molecule has 0 aromatic rings. The van der Waals surface area contributed by atoms with Gasteiger partial charge in [-0.25, -0.2) is 0 Å². The third-order valence-electron chi connectivity index (χ3n) is 0.884. The standard InChI is InChI=1S/C6H14O2.Y/c1-3-8-5-4-6(2)7;/h6-7H,3-5H2,1-2H3;. The Morgan fingerprint density at radius 1 is 1.56 bits per heavy atom. The molecule has 0 aliphatic carbocycles. The summed E-state index contributed by atoms with van der Waals surface area (Å²) in [5, 5.41) is 8.70. The second-order valence-corrected chi connectivity index (χ2v) is 1.83. The molecule has 0 aromatic heterocycles. The van der Waals surface area contributed by atoms with Crippen LogP contribution >= 0.6 is 0 Å². The van der Waals surface area contributed by atoms with Gasteiger partial charge in [-0.15, -0.1) is 0 Å². The van der Waals surface area contributed by atoms with Crippen molar-refractivity contribution in [2.45, 2.75) is 26.4 Å². The van der Waals surface area contributed by atoms with Gasteiger partial charge in [0, 0.05) is 45.9 Å². The predicted molar refractivity (Wildman–Crippen MR) is 32.8 cm³/mol. The van der Waals surface area contributed by atoms with Gasteiger partial charge in [-0.3, -0.25) is 0 Å². The van der Waals surface area contributed by atoms with Gasteiger partial charge in [0.25, 0.3) is 0 Å². The molecule has 1 unspecified atom stereocenters. The van der Waals surface area contributed by atoms with Crippen LogP contribution in [0.5, 0.6) is 0 Å². The molecule has 0 spiro atoms. The van der Waals surface area contributed by atoms with E-state index in [1.807, 2.05) is 6.92 Å². The third-order valence-corrected chi connectivity index (χ3v) is 0.884. The molecule has 1 atom stereocenters. The van der Waals surface area contributed by atoms with Crippen LogP contribution in [0.4, 0.5) is 0 Å². The molecule has 0 fully saturated rings. The Labute approximate surface area is 81.9 Å². The molecule has 3 heteroatoms. The fraction of sp³-hybridized carbons (Fsp3) is 1.00. The van der Waals surface area contributed by atoms with Crippen molar-refractivity contribution in [2.75, 3.05) is 13.2 Å². The zero-order valence-corrected chi connectivity index (χ0v) is 8.97. The Balaban J connectivity index is 0. The first-order valence-corrected chi connectivity index (χ1v) is 3.03. The third kappa shape index (κ3) is 12.3. The van der Waals surface area contributed by atoms with E-state index in [1.165, 1.54) is 0 Å². The summed E-state index contributed by atoms with van der Waals surface area (Å²) in [6.45, 7) is 5.13. The van der Waals surface area contributed by atoms with E-state index in [2.05, 4.69) is 0 Å². The van der Waals surface area contributed by atoms with E-state index in [4.69, 9.17) is 9.84 Å². The average Bonchev–Trinajstić information content (AvgIpc) is 1.66. The Hall–Kier alpha value is 1.02. The van der Waals surface area contributed by atoms with Gasteiger partial charge in [-0.2, -0.15) is 0 Å². The summed E-state index contributed by atoms with van der Waals surface area (Å²) in [6.07, 6.45) is 0.523. The molecule has 0 bridgehead atoms. The monoisotopic (exact) mass is 207 g/mol. The van der Waals surface area contributed by atoms with Gasteiger partial charge in [-0.1, -0.05) is 0 Å². The largest absolute Gasteiger partial charge is 0.393 e. The van der Waals surface area contributed by atoms with Crippen LogP contribution in [-0.2, 0) is 37.4 Å². The van der Waals surface area contributed by atoms with Gasteiger partial charge in [0.15, 0.2) is 0 Å². The fourth-order valence-electron chi connectivity index (χ4n) is 0.398. The summed E-state index contributed by atoms with van der Waals surface area (Å²) < 4.78 is 4.98. The number of rotatable bonds is 4. The zero-order chi connectivity index (χ0) is 6.41. The number of aliphatic hydroxyl groups excluding tert-OH is 1. The van der Waals surface area contributed by atoms with Crippen LogP contribution in [0.2, 0.25) is 0 Å². The van der Waals surface area contributed by atoms with Crippen LogP contribution in [0.15, 0.2) is 0 Å². The smallest absolute Gasteiger partial charge is 0.0534 e. The minimum absolute atomic E-state index is 0. The molecule has 0 heterocycles. The summed E-state index contributed by atoms with van der Waals surface area (Å²) in [5.74, 6) is 0. The minimum atomic E-state index is -0.221. The van der Waals surface area contributed by atoms with E-state index >= 15 is 0 Å². The topological polar surface area (TPSA) is 29.5 Å². The molecule has 0 saturated carbocycles. The van der Waals surface area contributed by atoms with Crippen molar-refractivity contribution in [3.8, 4) is 0 Å². The molecule has 0 amide bonds. The van der Waals surface area contributed by atoms with Crippen LogP contribution in [0.1, 0.15) is 20.3 Å². The first-order chi connectivity index (χ1) is 3.77. The van der Waals surface area contributed by atoms with Crippen LogP contribution in [0.25, 0.3) is 0 Å². The van der Waals surface area contributed by atoms with Crippen molar-refractivity contribution < 1.29 is 42.6 Å². The quantitative estimate of drug-likeness (QED) is 0.690. The van der Waals surface area contributed by atoms with E-state index in [0.29, 0.717) is 6.61 Å². The van der Waals surface area contributed by atoms with E-state index in [-0.39, 0.29) is 38.8 Å². The number of aliphatic hydroxyl groups is 1. The van der Waals surface area contributed by atoms with E-state index in [9.17, 15) is 0 Å². The Kier molecular flexibility index (Phi) is 12.7. The first-order valence-electron chi connectivity index (χ1n) is 3.03. The Morgan fingerprint density at radius 3 is 2.44 bits per heavy atom. The maximum absolute atomic E-state index is 8.70. The van der Waals surface area contributed by atoms with Crippen LogP contribution < -0.4 is 0 Å². The normalized spacial score (nSPS) is 12.3. The number of hydrogen-bond acceptors (Lipinski definition) is 2. The summed E-state index contributed by atoms with van der Waals surface area (Å²) in [4.78, 5) is 0. The summed E-state index contributed by atoms with van der Waals surface area (Å²) in [5.41, 5.74) is 0. The number of ether oxygens (including phenoxy) is 1. The summed E-state index contributed by atoms with van der Waals surface area (Å²) in [6, 6.07) is 0. The Bertz CT molecular complexity index is 48.3. The van der Waals surface area contributed by atoms with Gasteiger partial charge in [0.1, 0.15) is 0 Å². The van der Waals surface area contributed by atoms with Crippen molar-refractivity contribution in [2.24, 2.45) is 0 Å². The number of hydrogen-bond donors (Lipinski definition) is 1. The van der Waals surface area contributed by atoms with Crippen molar-refractivity contribution in [1.29, 1.82) is 0 Å². The van der Waals surface area contributed by atoms with Gasteiger partial charge in [0.05, 0.1) is 6.10 Å². The average molecular weight is 207 g/mol. The molecule has 0 aromatic carbocycles. The maximum Gasteiger partial charge on any atom is 0.0534 e. The predicted octanol–water partition coefficient (Wildman–Crippen LogP) is 0.791. The molecular formula is C6H14O2Y. The molecule has 0 aliphatic rings. The van der Waals surface area contributed by atoms with E-state index in [1.54, 1.807) is 6.92 Å². The van der Waals surface area contributed by atoms with Gasteiger partial charge >= 0.3 is 0 Å². The second kappa shape index (κ2) is 9.02. The van der Waals surface area contributed by atoms with Crippen LogP contribution in [0, 0.1) is 0 Å². The Morgan fingerprint density at radius 2 is 2.11 bits per heavy atom. The van der Waals surface area contributed by atoms with Gasteiger partial charge < -0.3 is 9.84 Å². The molecule has 0 rings (SSSR count). The molecule has 0 saturated heterocycles. The zero-order valence-electron chi connectivity index (χ0n) is 6.13. The van der Waals surface area contributed by atoms with Crippen LogP contribution in [0.3, 0.4) is 0 Å². The van der Waals surface area contributed by atoms with Crippen molar-refractivity contribution >= 4 is 0 Å². The molecule has 1 N–H and O–H groups in total. The van der Waals surface area contributed by atoms with Crippen molar-refractivity contribution in [3.05, 3.63) is 0 Å². The van der Waals surface area contributed by atoms with E-state index < -0.39 is 0 Å². The minimum Gasteiger partial charge on any atom is -0.393 e. The van der Waals surface area contributed by atoms with E-state index in [0.717, 1.165) is 13.0 Å². The first kappa shape index (κ1) is 12.7. The second-order valence-electron chi connectivity index (χ2n) is 1.83. The molecule has 0 aliphatic heterocycles. The maximum atomic E-state index is 8.70. The van der Waals surface area contributed by atoms with Crippen molar-refractivity contribution in [3.63, 3.8) is 0 Å². The molecule has 2 nitrogen and oxygen atoms in total. The SMILES string of the molecule is CCOCCC(C)O.[Y]. The summed E-state index contributed by atoms with van der Waals surface area (Å²) >= 11 is 0. The molecular weight excluding hydrogens is 193 g/mol. The van der Waals surface area contributed by atoms with Crippen molar-refractivity contribution in [1.82, 2.24) is 0 Å². The summed E-state index contributed by atoms with van der Waals surface area (Å²) in [7, 11) is 0. The van der Waals surface area contributed by atoms with Crippen LogP contribution in [-0.4, -0.2) is 24.4 Å². The molecule has 53 valence electrons. The molecule has 9 heavy (non-hydrogen) atoms. The van der Waals surface area contributed by atoms with Gasteiger partial charge in [0.2, 0.25) is 0 Å². The molecule has 1 radical (unpaired) electrons. The fourth-order valence-corrected chi connectivity index (χ4v) is 0.398. The van der Waals surface area contributed by atoms with Gasteiger partial charge in [-0.05, 0) is 20.3 Å².